The number of esters is 1. The highest BCUT2D eigenvalue weighted by atomic mass is 35.5. The molecule has 0 saturated heterocycles. The number of nitrogens with two attached hydrogens (primary N) is 1. The van der Waals surface area contributed by atoms with Crippen molar-refractivity contribution in [1.82, 2.24) is 0 Å². The van der Waals surface area contributed by atoms with Crippen molar-refractivity contribution >= 4 is 52.1 Å². The van der Waals surface area contributed by atoms with Crippen LogP contribution in [0.3, 0.4) is 0 Å². The summed E-state index contributed by atoms with van der Waals surface area (Å²) in [5.74, 6) is -1.65. The smallest absolute Gasteiger partial charge is 0.341 e. The number of nitrogen functional groups attached to an aromatic ring is 1. The molecule has 0 bridgehead atoms. The minimum absolute atomic E-state index is 0.00854. The van der Waals surface area contributed by atoms with Crippen LogP contribution in [0.25, 0.3) is 0 Å². The van der Waals surface area contributed by atoms with Gasteiger partial charge in [0.15, 0.2) is 6.61 Å². The Labute approximate surface area is 158 Å². The first kappa shape index (κ1) is 19.5. The van der Waals surface area contributed by atoms with Crippen molar-refractivity contribution in [2.24, 2.45) is 0 Å². The molecule has 8 nitrogen and oxygen atoms in total. The highest BCUT2D eigenvalue weighted by Gasteiger charge is 2.18. The molecule has 2 rings (SSSR count). The Morgan fingerprint density at radius 1 is 1.27 bits per heavy atom. The minimum Gasteiger partial charge on any atom is -0.452 e. The summed E-state index contributed by atoms with van der Waals surface area (Å²) in [7, 11) is 0. The van der Waals surface area contributed by atoms with E-state index in [2.05, 4.69) is 5.32 Å². The fraction of sp³-hybridized carbons (Fsp3) is 0.125. The predicted octanol–water partition coefficient (Wildman–Crippen LogP) is 3.59. The van der Waals surface area contributed by atoms with E-state index in [4.69, 9.17) is 33.7 Å². The van der Waals surface area contributed by atoms with E-state index in [1.807, 2.05) is 0 Å². The molecular weight excluding hydrogens is 385 g/mol. The number of halogens is 2. The highest BCUT2D eigenvalue weighted by molar-refractivity contribution is 6.40. The van der Waals surface area contributed by atoms with E-state index in [9.17, 15) is 19.7 Å². The van der Waals surface area contributed by atoms with Gasteiger partial charge in [0.1, 0.15) is 0 Å². The lowest BCUT2D eigenvalue weighted by Gasteiger charge is -2.11. The summed E-state index contributed by atoms with van der Waals surface area (Å²) in [5, 5.41) is 13.7. The van der Waals surface area contributed by atoms with E-state index in [0.717, 1.165) is 12.1 Å². The van der Waals surface area contributed by atoms with Crippen molar-refractivity contribution in [1.29, 1.82) is 0 Å². The Hall–Kier alpha value is -2.84. The third-order valence-corrected chi connectivity index (χ3v) is 4.15. The second-order valence-electron chi connectivity index (χ2n) is 5.21. The van der Waals surface area contributed by atoms with Crippen LogP contribution in [0.2, 0.25) is 10.0 Å². The topological polar surface area (TPSA) is 125 Å². The van der Waals surface area contributed by atoms with E-state index < -0.39 is 23.4 Å². The molecule has 0 heterocycles. The number of nitro groups is 1. The van der Waals surface area contributed by atoms with E-state index in [1.165, 1.54) is 6.07 Å². The first-order valence-electron chi connectivity index (χ1n) is 7.16. The Morgan fingerprint density at radius 3 is 2.62 bits per heavy atom. The second-order valence-corrected chi connectivity index (χ2v) is 5.99. The van der Waals surface area contributed by atoms with Gasteiger partial charge < -0.3 is 15.8 Å². The number of benzene rings is 2. The molecule has 3 N–H and O–H groups in total. The van der Waals surface area contributed by atoms with Crippen LogP contribution < -0.4 is 11.1 Å². The zero-order chi connectivity index (χ0) is 19.4. The molecular formula is C16H13Cl2N3O5. The quantitative estimate of drug-likeness (QED) is 0.343. The summed E-state index contributed by atoms with van der Waals surface area (Å²) in [6.07, 6.45) is 0. The Morgan fingerprint density at radius 2 is 1.96 bits per heavy atom. The van der Waals surface area contributed by atoms with Gasteiger partial charge >= 0.3 is 5.97 Å². The number of rotatable bonds is 5. The number of aryl methyl sites for hydroxylation is 1. The van der Waals surface area contributed by atoms with Gasteiger partial charge in [-0.1, -0.05) is 29.3 Å². The van der Waals surface area contributed by atoms with Crippen molar-refractivity contribution in [3.8, 4) is 0 Å². The molecule has 0 aliphatic rings. The van der Waals surface area contributed by atoms with Gasteiger partial charge in [0, 0.05) is 17.8 Å². The average molecular weight is 398 g/mol. The van der Waals surface area contributed by atoms with Gasteiger partial charge in [0.2, 0.25) is 0 Å². The molecule has 0 aliphatic heterocycles. The number of carbonyl (C=O) groups excluding carboxylic acids is 2. The van der Waals surface area contributed by atoms with E-state index >= 15 is 0 Å². The van der Waals surface area contributed by atoms with Crippen molar-refractivity contribution in [2.75, 3.05) is 17.7 Å². The van der Waals surface area contributed by atoms with Gasteiger partial charge in [-0.3, -0.25) is 14.9 Å². The molecule has 0 aromatic heterocycles. The van der Waals surface area contributed by atoms with Crippen LogP contribution in [0.5, 0.6) is 0 Å². The van der Waals surface area contributed by atoms with Crippen LogP contribution in [0.4, 0.5) is 17.1 Å². The Balaban J connectivity index is 2.06. The maximum atomic E-state index is 12.0. The normalized spacial score (nSPS) is 10.3. The minimum atomic E-state index is -0.970. The summed E-state index contributed by atoms with van der Waals surface area (Å²) < 4.78 is 4.85. The lowest BCUT2D eigenvalue weighted by atomic mass is 10.1. The molecule has 0 radical (unpaired) electrons. The summed E-state index contributed by atoms with van der Waals surface area (Å²) in [6, 6.07) is 6.59. The molecule has 0 saturated carbocycles. The van der Waals surface area contributed by atoms with E-state index in [0.29, 0.717) is 5.56 Å². The molecule has 0 atom stereocenters. The zero-order valence-electron chi connectivity index (χ0n) is 13.4. The number of ether oxygens (including phenoxy) is 1. The van der Waals surface area contributed by atoms with Crippen molar-refractivity contribution in [3.63, 3.8) is 0 Å². The first-order valence-corrected chi connectivity index (χ1v) is 7.91. The highest BCUT2D eigenvalue weighted by Crippen LogP contribution is 2.32. The van der Waals surface area contributed by atoms with Crippen molar-refractivity contribution in [2.45, 2.75) is 6.92 Å². The van der Waals surface area contributed by atoms with Gasteiger partial charge in [0.25, 0.3) is 11.6 Å². The summed E-state index contributed by atoms with van der Waals surface area (Å²) in [4.78, 5) is 34.1. The number of amides is 1. The van der Waals surface area contributed by atoms with Crippen LogP contribution in [-0.4, -0.2) is 23.4 Å². The number of hydrogen-bond donors (Lipinski definition) is 2. The van der Waals surface area contributed by atoms with Crippen LogP contribution >= 0.6 is 23.2 Å². The second kappa shape index (κ2) is 8.03. The molecule has 10 heteroatoms. The van der Waals surface area contributed by atoms with Crippen LogP contribution in [0.1, 0.15) is 15.9 Å². The number of non-ortho nitro benzene ring substituents is 1. The van der Waals surface area contributed by atoms with Gasteiger partial charge in [0.05, 0.1) is 26.2 Å². The van der Waals surface area contributed by atoms with Crippen LogP contribution in [0, 0.1) is 17.0 Å². The molecule has 2 aromatic rings. The number of nitrogens with one attached hydrogen (secondary N) is 1. The maximum absolute atomic E-state index is 12.0. The fourth-order valence-electron chi connectivity index (χ4n) is 1.99. The van der Waals surface area contributed by atoms with Crippen molar-refractivity contribution < 1.29 is 19.2 Å². The van der Waals surface area contributed by atoms with Gasteiger partial charge in [-0.25, -0.2) is 4.79 Å². The zero-order valence-corrected chi connectivity index (χ0v) is 14.9. The molecule has 0 unspecified atom stereocenters. The third kappa shape index (κ3) is 4.41. The molecule has 136 valence electrons. The van der Waals surface area contributed by atoms with E-state index in [-0.39, 0.29) is 32.7 Å². The number of hydrogen-bond acceptors (Lipinski definition) is 6. The van der Waals surface area contributed by atoms with Gasteiger partial charge in [-0.05, 0) is 24.6 Å². The largest absolute Gasteiger partial charge is 0.452 e. The average Bonchev–Trinajstić information content (AvgIpc) is 2.60. The molecule has 2 aromatic carbocycles. The standard InChI is InChI=1S/C16H13Cl2N3O5/c1-8-2-4-11(17)15(14(8)18)20-13(22)7-26-16(23)10-6-9(21(24)25)3-5-12(10)19/h2-6H,7,19H2,1H3,(H,20,22). The van der Waals surface area contributed by atoms with Crippen molar-refractivity contribution in [3.05, 3.63) is 61.6 Å². The molecule has 1 amide bonds. The first-order chi connectivity index (χ1) is 12.2. The molecule has 0 aliphatic carbocycles. The van der Waals surface area contributed by atoms with Crippen LogP contribution in [-0.2, 0) is 9.53 Å². The summed E-state index contributed by atoms with van der Waals surface area (Å²) in [6.45, 7) is 1.08. The molecule has 0 spiro atoms. The number of anilines is 2. The summed E-state index contributed by atoms with van der Waals surface area (Å²) >= 11 is 12.1. The Bertz CT molecular complexity index is 902. The number of nitro benzene ring substituents is 1. The number of carbonyl (C=O) groups is 2. The molecule has 26 heavy (non-hydrogen) atoms. The summed E-state index contributed by atoms with van der Waals surface area (Å²) in [5.41, 5.74) is 5.97. The predicted molar refractivity (Wildman–Crippen MR) is 97.6 cm³/mol. The van der Waals surface area contributed by atoms with Gasteiger partial charge in [-0.15, -0.1) is 0 Å². The maximum Gasteiger partial charge on any atom is 0.341 e. The van der Waals surface area contributed by atoms with Crippen LogP contribution in [0.15, 0.2) is 30.3 Å². The SMILES string of the molecule is Cc1ccc(Cl)c(NC(=O)COC(=O)c2cc([N+](=O)[O-])ccc2N)c1Cl. The monoisotopic (exact) mass is 397 g/mol. The lowest BCUT2D eigenvalue weighted by molar-refractivity contribution is -0.384. The Kier molecular flexibility index (Phi) is 6.01. The van der Waals surface area contributed by atoms with Gasteiger partial charge in [-0.2, -0.15) is 0 Å². The molecule has 0 fully saturated rings. The fourth-order valence-corrected chi connectivity index (χ4v) is 2.46. The lowest BCUT2D eigenvalue weighted by Crippen LogP contribution is -2.22. The third-order valence-electron chi connectivity index (χ3n) is 3.35. The van der Waals surface area contributed by atoms with E-state index in [1.54, 1.807) is 19.1 Å². The number of nitrogens with zero attached hydrogens (tertiary/aromatic N) is 1.